The monoisotopic (exact) mass is 85.1 g/mol. The third kappa shape index (κ3) is 2.27. The van der Waals surface area contributed by atoms with Crippen molar-refractivity contribution in [1.29, 1.82) is 0 Å². The minimum Gasteiger partial charge on any atom is -0.335 e. The molecule has 0 radical (unpaired) electrons. The summed E-state index contributed by atoms with van der Waals surface area (Å²) in [6.45, 7) is 4.23. The molecule has 0 fully saturated rings. The van der Waals surface area contributed by atoms with Gasteiger partial charge in [0.05, 0.1) is 0 Å². The van der Waals surface area contributed by atoms with Crippen LogP contribution in [0.2, 0.25) is 0 Å². The van der Waals surface area contributed by atoms with Crippen LogP contribution < -0.4 is 5.73 Å². The van der Waals surface area contributed by atoms with E-state index in [9.17, 15) is 0 Å². The van der Waals surface area contributed by atoms with Gasteiger partial charge in [0.2, 0.25) is 0 Å². The van der Waals surface area contributed by atoms with Gasteiger partial charge in [-0.3, -0.25) is 0 Å². The van der Waals surface area contributed by atoms with Crippen LogP contribution in [-0.4, -0.2) is 13.8 Å². The van der Waals surface area contributed by atoms with Crippen LogP contribution in [0, 0.1) is 5.92 Å². The van der Waals surface area contributed by atoms with Crippen molar-refractivity contribution in [3.63, 3.8) is 0 Å². The van der Waals surface area contributed by atoms with Gasteiger partial charge in [-0.1, -0.05) is 13.8 Å². The van der Waals surface area contributed by atoms with E-state index in [0.29, 0.717) is 11.9 Å². The topological polar surface area (TPSA) is 26.0 Å². The van der Waals surface area contributed by atoms with Gasteiger partial charge in [-0.2, -0.15) is 0 Å². The Morgan fingerprint density at radius 3 is 1.67 bits per heavy atom. The van der Waals surface area contributed by atoms with Crippen LogP contribution >= 0.6 is 0 Å². The molecule has 36 valence electrons. The molecule has 0 saturated heterocycles. The lowest BCUT2D eigenvalue weighted by molar-refractivity contribution is 0.615. The lowest BCUT2D eigenvalue weighted by atomic mass is 9.87. The summed E-state index contributed by atoms with van der Waals surface area (Å²) in [6, 6.07) is 0. The van der Waals surface area contributed by atoms with E-state index >= 15 is 0 Å². The second kappa shape index (κ2) is 2.24. The highest BCUT2D eigenvalue weighted by molar-refractivity contribution is 6.11. The highest BCUT2D eigenvalue weighted by atomic mass is 14.6. The summed E-state index contributed by atoms with van der Waals surface area (Å²) in [7, 11) is 2.02. The van der Waals surface area contributed by atoms with Crippen molar-refractivity contribution < 1.29 is 0 Å². The molecule has 1 atom stereocenters. The number of rotatable bonds is 1. The van der Waals surface area contributed by atoms with Crippen LogP contribution in [0.3, 0.4) is 0 Å². The van der Waals surface area contributed by atoms with Crippen LogP contribution in [0.5, 0.6) is 0 Å². The molecule has 0 aliphatic heterocycles. The van der Waals surface area contributed by atoms with Gasteiger partial charge in [-0.25, -0.2) is 0 Å². The van der Waals surface area contributed by atoms with E-state index in [1.807, 2.05) is 7.85 Å². The summed E-state index contributed by atoms with van der Waals surface area (Å²) in [5, 5.41) is 0. The molecule has 0 bridgehead atoms. The predicted molar refractivity (Wildman–Crippen MR) is 31.4 cm³/mol. The van der Waals surface area contributed by atoms with E-state index in [1.54, 1.807) is 0 Å². The maximum absolute atomic E-state index is 5.44. The maximum atomic E-state index is 5.44. The van der Waals surface area contributed by atoms with Crippen LogP contribution in [-0.2, 0) is 0 Å². The summed E-state index contributed by atoms with van der Waals surface area (Å²) in [4.78, 5) is 0. The zero-order valence-electron chi connectivity index (χ0n) is 4.73. The Morgan fingerprint density at radius 1 is 1.50 bits per heavy atom. The molecule has 2 N–H and O–H groups in total. The molecule has 0 spiro atoms. The fourth-order valence-electron chi connectivity index (χ4n) is 0. The lowest BCUT2D eigenvalue weighted by Gasteiger charge is -2.05. The normalized spacial score (nSPS) is 15.3. The van der Waals surface area contributed by atoms with E-state index in [2.05, 4.69) is 13.8 Å². The van der Waals surface area contributed by atoms with Crippen molar-refractivity contribution in [1.82, 2.24) is 0 Å². The van der Waals surface area contributed by atoms with Gasteiger partial charge in [0.1, 0.15) is 7.85 Å². The van der Waals surface area contributed by atoms with Gasteiger partial charge >= 0.3 is 0 Å². The molecule has 0 aromatic rings. The molecule has 1 nitrogen and oxygen atoms in total. The third-order valence-electron chi connectivity index (χ3n) is 1.05. The van der Waals surface area contributed by atoms with Crippen LogP contribution in [0.4, 0.5) is 0 Å². The van der Waals surface area contributed by atoms with E-state index in [0.717, 1.165) is 0 Å². The van der Waals surface area contributed by atoms with Gasteiger partial charge in [-0.05, 0) is 11.9 Å². The molecule has 2 heteroatoms. The number of nitrogens with two attached hydrogens (primary N) is 1. The summed E-state index contributed by atoms with van der Waals surface area (Å²) in [5.41, 5.74) is 5.44. The van der Waals surface area contributed by atoms with Gasteiger partial charge < -0.3 is 5.73 Å². The molecule has 0 aliphatic rings. The van der Waals surface area contributed by atoms with Crippen molar-refractivity contribution in [2.24, 2.45) is 11.7 Å². The summed E-state index contributed by atoms with van der Waals surface area (Å²) in [6.07, 6.45) is 0. The molecule has 1 unspecified atom stereocenters. The average Bonchev–Trinajstić information content (AvgIpc) is 1.36. The standard InChI is InChI=1S/C4H12BN/c1-3(2)4(5)6/h3-4H,5-6H2,1-2H3. The van der Waals surface area contributed by atoms with Crippen molar-refractivity contribution in [3.8, 4) is 0 Å². The molecule has 0 rings (SSSR count). The van der Waals surface area contributed by atoms with Gasteiger partial charge in [-0.15, -0.1) is 0 Å². The molecular formula is C4H12BN. The summed E-state index contributed by atoms with van der Waals surface area (Å²) in [5.74, 6) is 0.981. The molecule has 6 heavy (non-hydrogen) atoms. The summed E-state index contributed by atoms with van der Waals surface area (Å²) >= 11 is 0. The average molecular weight is 85.0 g/mol. The SMILES string of the molecule is BC(N)C(C)C. The number of hydrogen-bond acceptors (Lipinski definition) is 1. The van der Waals surface area contributed by atoms with E-state index in [1.165, 1.54) is 0 Å². The van der Waals surface area contributed by atoms with Crippen molar-refractivity contribution in [3.05, 3.63) is 0 Å². The second-order valence-corrected chi connectivity index (χ2v) is 2.10. The highest BCUT2D eigenvalue weighted by Gasteiger charge is 1.96. The zero-order chi connectivity index (χ0) is 5.15. The first kappa shape index (κ1) is 6.02. The molecule has 0 saturated carbocycles. The highest BCUT2D eigenvalue weighted by Crippen LogP contribution is 1.90. The fourth-order valence-corrected chi connectivity index (χ4v) is 0. The Balaban J connectivity index is 2.99. The van der Waals surface area contributed by atoms with E-state index < -0.39 is 0 Å². The predicted octanol–water partition coefficient (Wildman–Crippen LogP) is -0.440. The Bertz CT molecular complexity index is 28.5. The van der Waals surface area contributed by atoms with E-state index in [-0.39, 0.29) is 0 Å². The largest absolute Gasteiger partial charge is 0.335 e. The quantitative estimate of drug-likeness (QED) is 0.429. The Kier molecular flexibility index (Phi) is 2.25. The zero-order valence-corrected chi connectivity index (χ0v) is 4.73. The third-order valence-corrected chi connectivity index (χ3v) is 1.05. The van der Waals surface area contributed by atoms with Gasteiger partial charge in [0.25, 0.3) is 0 Å². The Labute approximate surface area is 40.3 Å². The van der Waals surface area contributed by atoms with Crippen LogP contribution in [0.1, 0.15) is 13.8 Å². The van der Waals surface area contributed by atoms with Crippen molar-refractivity contribution in [2.75, 3.05) is 0 Å². The molecule has 0 amide bonds. The number of hydrogen-bond donors (Lipinski definition) is 1. The van der Waals surface area contributed by atoms with Crippen molar-refractivity contribution in [2.45, 2.75) is 19.8 Å². The lowest BCUT2D eigenvalue weighted by Crippen LogP contribution is -2.25. The summed E-state index contributed by atoms with van der Waals surface area (Å²) < 4.78 is 0. The smallest absolute Gasteiger partial charge is 0.123 e. The minimum absolute atomic E-state index is 0.352. The molecular weight excluding hydrogens is 72.9 g/mol. The molecule has 0 aromatic carbocycles. The maximum Gasteiger partial charge on any atom is 0.123 e. The van der Waals surface area contributed by atoms with Gasteiger partial charge in [0.15, 0.2) is 0 Å². The van der Waals surface area contributed by atoms with Crippen LogP contribution in [0.25, 0.3) is 0 Å². The second-order valence-electron chi connectivity index (χ2n) is 2.10. The molecule has 0 aromatic heterocycles. The molecule has 0 heterocycles. The first-order valence-corrected chi connectivity index (χ1v) is 2.40. The van der Waals surface area contributed by atoms with Gasteiger partial charge in [0, 0.05) is 0 Å². The molecule has 0 aliphatic carbocycles. The fraction of sp³-hybridized carbons (Fsp3) is 1.00. The first-order chi connectivity index (χ1) is 2.64. The first-order valence-electron chi connectivity index (χ1n) is 2.40. The minimum atomic E-state index is 0.352. The van der Waals surface area contributed by atoms with Crippen molar-refractivity contribution >= 4 is 7.85 Å². The Hall–Kier alpha value is 0.0249. The Morgan fingerprint density at radius 2 is 1.67 bits per heavy atom. The van der Waals surface area contributed by atoms with Crippen LogP contribution in [0.15, 0.2) is 0 Å². The van der Waals surface area contributed by atoms with E-state index in [4.69, 9.17) is 5.73 Å².